The molecule has 0 bridgehead atoms. The first-order valence-corrected chi connectivity index (χ1v) is 6.31. The van der Waals surface area contributed by atoms with Crippen LogP contribution in [0.1, 0.15) is 12.6 Å². The van der Waals surface area contributed by atoms with E-state index in [1.807, 2.05) is 0 Å². The van der Waals surface area contributed by atoms with Gasteiger partial charge < -0.3 is 25.4 Å². The second-order valence-electron chi connectivity index (χ2n) is 4.71. The predicted molar refractivity (Wildman–Crippen MR) is 70.7 cm³/mol. The molecule has 3 atom stereocenters. The van der Waals surface area contributed by atoms with Gasteiger partial charge >= 0.3 is 6.01 Å². The van der Waals surface area contributed by atoms with Crippen molar-refractivity contribution in [3.8, 4) is 6.01 Å². The largest absolute Gasteiger partial charge is 0.468 e. The van der Waals surface area contributed by atoms with E-state index in [-0.39, 0.29) is 36.2 Å². The van der Waals surface area contributed by atoms with Crippen molar-refractivity contribution in [1.82, 2.24) is 19.5 Å². The predicted octanol–water partition coefficient (Wildman–Crippen LogP) is -1.65. The van der Waals surface area contributed by atoms with Crippen molar-refractivity contribution in [2.45, 2.75) is 24.9 Å². The van der Waals surface area contributed by atoms with Gasteiger partial charge in [-0.3, -0.25) is 14.3 Å². The van der Waals surface area contributed by atoms with Gasteiger partial charge in [-0.2, -0.15) is 9.97 Å². The number of aromatic nitrogens is 4. The number of imidazole rings is 1. The van der Waals surface area contributed by atoms with E-state index >= 15 is 0 Å². The molecule has 3 rings (SSSR count). The maximum absolute atomic E-state index is 11.8. The van der Waals surface area contributed by atoms with Crippen LogP contribution in [0.5, 0.6) is 6.01 Å². The molecule has 1 saturated heterocycles. The lowest BCUT2D eigenvalue weighted by molar-refractivity contribution is -0.0450. The first-order valence-electron chi connectivity index (χ1n) is 6.31. The summed E-state index contributed by atoms with van der Waals surface area (Å²) in [5, 5.41) is 19.0. The number of aliphatic hydroxyl groups excluding tert-OH is 2. The van der Waals surface area contributed by atoms with Gasteiger partial charge in [-0.05, 0) is 0 Å². The Morgan fingerprint density at radius 1 is 1.57 bits per heavy atom. The lowest BCUT2D eigenvalue weighted by Crippen LogP contribution is -2.24. The molecule has 0 aliphatic carbocycles. The zero-order valence-corrected chi connectivity index (χ0v) is 11.2. The van der Waals surface area contributed by atoms with E-state index in [1.54, 1.807) is 0 Å². The fraction of sp³-hybridized carbons (Fsp3) is 0.545. The topological polar surface area (TPSA) is 149 Å². The number of methoxy groups -OCH3 is 1. The molecule has 0 unspecified atom stereocenters. The van der Waals surface area contributed by atoms with Gasteiger partial charge in [0.2, 0.25) is 5.95 Å². The first-order chi connectivity index (χ1) is 10.0. The molecule has 21 heavy (non-hydrogen) atoms. The zero-order valence-electron chi connectivity index (χ0n) is 11.2. The third-order valence-corrected chi connectivity index (χ3v) is 3.39. The Morgan fingerprint density at radius 3 is 2.95 bits per heavy atom. The number of nitrogens with one attached hydrogen (secondary N) is 1. The lowest BCUT2D eigenvalue weighted by atomic mass is 10.2. The number of nitrogens with zero attached hydrogens (tertiary/aromatic N) is 3. The number of anilines is 1. The van der Waals surface area contributed by atoms with Crippen LogP contribution in [0, 0.1) is 0 Å². The zero-order chi connectivity index (χ0) is 15.1. The van der Waals surface area contributed by atoms with Crippen molar-refractivity contribution in [3.05, 3.63) is 10.4 Å². The molecule has 1 aliphatic heterocycles. The summed E-state index contributed by atoms with van der Waals surface area (Å²) in [5.41, 5.74) is 5.31. The van der Waals surface area contributed by atoms with Crippen LogP contribution >= 0.6 is 0 Å². The number of H-pyrrole nitrogens is 1. The molecule has 3 heterocycles. The maximum atomic E-state index is 11.8. The quantitative estimate of drug-likeness (QED) is 0.526. The van der Waals surface area contributed by atoms with Crippen LogP contribution < -0.4 is 16.0 Å². The Balaban J connectivity index is 2.15. The van der Waals surface area contributed by atoms with Crippen molar-refractivity contribution < 1.29 is 19.7 Å². The van der Waals surface area contributed by atoms with Crippen LogP contribution in [-0.4, -0.2) is 55.7 Å². The highest BCUT2D eigenvalue weighted by atomic mass is 16.5. The second-order valence-corrected chi connectivity index (χ2v) is 4.71. The molecule has 1 fully saturated rings. The van der Waals surface area contributed by atoms with E-state index in [4.69, 9.17) is 20.3 Å². The molecule has 5 N–H and O–H groups in total. The molecular formula is C11H15N5O5. The highest BCUT2D eigenvalue weighted by Gasteiger charge is 2.37. The smallest absolute Gasteiger partial charge is 0.300 e. The van der Waals surface area contributed by atoms with Gasteiger partial charge in [0.25, 0.3) is 5.56 Å². The van der Waals surface area contributed by atoms with E-state index in [0.717, 1.165) is 0 Å². The fourth-order valence-corrected chi connectivity index (χ4v) is 2.42. The summed E-state index contributed by atoms with van der Waals surface area (Å²) in [4.78, 5) is 22.3. The van der Waals surface area contributed by atoms with Crippen LogP contribution in [-0.2, 0) is 4.74 Å². The summed E-state index contributed by atoms with van der Waals surface area (Å²) in [5.74, 6) is -0.0615. The lowest BCUT2D eigenvalue weighted by Gasteiger charge is -2.15. The molecule has 1 aliphatic rings. The minimum absolute atomic E-state index is 0.0615. The van der Waals surface area contributed by atoms with Crippen LogP contribution in [0.3, 0.4) is 0 Å². The van der Waals surface area contributed by atoms with Gasteiger partial charge in [0.15, 0.2) is 11.2 Å². The minimum atomic E-state index is -0.832. The Labute approximate surface area is 118 Å². The van der Waals surface area contributed by atoms with Gasteiger partial charge in [-0.25, -0.2) is 0 Å². The molecule has 0 aromatic carbocycles. The number of aromatic amines is 1. The van der Waals surface area contributed by atoms with Crippen molar-refractivity contribution in [1.29, 1.82) is 0 Å². The second kappa shape index (κ2) is 4.98. The van der Waals surface area contributed by atoms with E-state index in [1.165, 1.54) is 11.7 Å². The summed E-state index contributed by atoms with van der Waals surface area (Å²) in [6.45, 7) is -0.317. The molecule has 0 saturated carbocycles. The van der Waals surface area contributed by atoms with Crippen molar-refractivity contribution >= 4 is 17.1 Å². The molecule has 2 aromatic heterocycles. The number of rotatable bonds is 3. The molecule has 0 spiro atoms. The Morgan fingerprint density at radius 2 is 2.33 bits per heavy atom. The van der Waals surface area contributed by atoms with Gasteiger partial charge in [-0.15, -0.1) is 0 Å². The van der Waals surface area contributed by atoms with E-state index in [0.29, 0.717) is 0 Å². The minimum Gasteiger partial charge on any atom is -0.468 e. The number of fused-ring (bicyclic) bond motifs is 1. The molecular weight excluding hydrogens is 282 g/mol. The summed E-state index contributed by atoms with van der Waals surface area (Å²) < 4.78 is 12.1. The number of aliphatic hydroxyl groups is 2. The van der Waals surface area contributed by atoms with Crippen LogP contribution in [0.25, 0.3) is 11.2 Å². The number of hydrogen-bond acceptors (Lipinski definition) is 8. The van der Waals surface area contributed by atoms with E-state index in [2.05, 4.69) is 15.0 Å². The molecule has 10 heteroatoms. The molecule has 0 radical (unpaired) electrons. The van der Waals surface area contributed by atoms with E-state index in [9.17, 15) is 9.90 Å². The Hall–Kier alpha value is -2.17. The summed E-state index contributed by atoms with van der Waals surface area (Å²) in [6, 6.07) is 0.115. The highest BCUT2D eigenvalue weighted by Crippen LogP contribution is 2.33. The average molecular weight is 297 g/mol. The van der Waals surface area contributed by atoms with Crippen LogP contribution in [0.2, 0.25) is 0 Å². The van der Waals surface area contributed by atoms with Gasteiger partial charge in [-0.1, -0.05) is 0 Å². The van der Waals surface area contributed by atoms with Gasteiger partial charge in [0.05, 0.1) is 19.8 Å². The molecule has 2 aromatic rings. The summed E-state index contributed by atoms with van der Waals surface area (Å²) in [7, 11) is 1.39. The number of ether oxygens (including phenoxy) is 2. The first kappa shape index (κ1) is 13.8. The van der Waals surface area contributed by atoms with Gasteiger partial charge in [0.1, 0.15) is 12.3 Å². The standard InChI is InChI=1S/C11H15N5O5/c1-20-11-13-7-8(14-10(12)15-9(7)19)16(11)6-2-4(18)5(3-17)21-6/h4-6,17-18H,2-3H2,1H3,(H3,12,14,15,19)/t4-,5+,6+/m0/s1. The summed E-state index contributed by atoms with van der Waals surface area (Å²) >= 11 is 0. The van der Waals surface area contributed by atoms with E-state index < -0.39 is 24.0 Å². The average Bonchev–Trinajstić information content (AvgIpc) is 2.98. The van der Waals surface area contributed by atoms with Crippen molar-refractivity contribution in [3.63, 3.8) is 0 Å². The monoisotopic (exact) mass is 297 g/mol. The van der Waals surface area contributed by atoms with Crippen LogP contribution in [0.4, 0.5) is 5.95 Å². The third-order valence-electron chi connectivity index (χ3n) is 3.39. The van der Waals surface area contributed by atoms with Crippen LogP contribution in [0.15, 0.2) is 4.79 Å². The SMILES string of the molecule is COc1nc2c(=O)[nH]c(N)nc2n1[C@H]1C[C@H](O)[C@@H](CO)O1. The Kier molecular flexibility index (Phi) is 3.27. The highest BCUT2D eigenvalue weighted by molar-refractivity contribution is 5.72. The fourth-order valence-electron chi connectivity index (χ4n) is 2.42. The summed E-state index contributed by atoms with van der Waals surface area (Å²) in [6.07, 6.45) is -2.00. The molecule has 10 nitrogen and oxygen atoms in total. The van der Waals surface area contributed by atoms with Crippen molar-refractivity contribution in [2.75, 3.05) is 19.5 Å². The maximum Gasteiger partial charge on any atom is 0.300 e. The number of hydrogen-bond donors (Lipinski definition) is 4. The van der Waals surface area contributed by atoms with Gasteiger partial charge in [0, 0.05) is 6.42 Å². The molecule has 0 amide bonds. The number of nitrogen functional groups attached to an aromatic ring is 1. The van der Waals surface area contributed by atoms with Crippen molar-refractivity contribution in [2.24, 2.45) is 0 Å². The normalized spacial score (nSPS) is 25.6. The third kappa shape index (κ3) is 2.13. The molecule has 114 valence electrons. The number of nitrogens with two attached hydrogens (primary N) is 1. The Bertz CT molecular complexity index is 726.